The number of hydrogen-bond acceptors (Lipinski definition) is 7. The lowest BCUT2D eigenvalue weighted by Gasteiger charge is -2.28. The first kappa shape index (κ1) is 21.3. The summed E-state index contributed by atoms with van der Waals surface area (Å²) in [6.07, 6.45) is 2.33. The fraction of sp³-hybridized carbons (Fsp3) is 0.556. The number of aliphatic carboxylic acids is 1. The predicted octanol–water partition coefficient (Wildman–Crippen LogP) is 3.56. The van der Waals surface area contributed by atoms with Gasteiger partial charge in [0.25, 0.3) is 0 Å². The van der Waals surface area contributed by atoms with Gasteiger partial charge in [0.1, 0.15) is 10.8 Å². The molecule has 2 aromatic heterocycles. The first-order valence-electron chi connectivity index (χ1n) is 9.08. The summed E-state index contributed by atoms with van der Waals surface area (Å²) in [5.41, 5.74) is 0.259. The number of carboxylic acids is 1. The highest BCUT2D eigenvalue weighted by Gasteiger charge is 2.50. The molecule has 0 amide bonds. The third-order valence-electron chi connectivity index (χ3n) is 5.23. The van der Waals surface area contributed by atoms with Crippen LogP contribution in [0, 0.1) is 18.3 Å². The molecule has 7 nitrogen and oxygen atoms in total. The van der Waals surface area contributed by atoms with Crippen molar-refractivity contribution in [2.45, 2.75) is 32.4 Å². The fourth-order valence-electron chi connectivity index (χ4n) is 3.87. The number of aromatic nitrogens is 3. The van der Waals surface area contributed by atoms with E-state index >= 15 is 0 Å². The average molecular weight is 430 g/mol. The van der Waals surface area contributed by atoms with Gasteiger partial charge in [-0.25, -0.2) is 4.79 Å². The highest BCUT2D eigenvalue weighted by molar-refractivity contribution is 7.15. The second-order valence-electron chi connectivity index (χ2n) is 7.22. The molecule has 0 radical (unpaired) electrons. The summed E-state index contributed by atoms with van der Waals surface area (Å²) in [5.74, 6) is -1.19. The topological polar surface area (TPSA) is 88.4 Å². The van der Waals surface area contributed by atoms with Gasteiger partial charge in [0.15, 0.2) is 0 Å². The second kappa shape index (κ2) is 8.52. The summed E-state index contributed by atoms with van der Waals surface area (Å²) in [6.45, 7) is 4.91. The summed E-state index contributed by atoms with van der Waals surface area (Å²) < 4.78 is 37.8. The third-order valence-corrected chi connectivity index (χ3v) is 6.13. The lowest BCUT2D eigenvalue weighted by Crippen LogP contribution is -2.33. The van der Waals surface area contributed by atoms with Crippen LogP contribution in [0.5, 0.6) is 5.75 Å². The van der Waals surface area contributed by atoms with Crippen LogP contribution in [0.4, 0.5) is 18.3 Å². The lowest BCUT2D eigenvalue weighted by atomic mass is 9.81. The van der Waals surface area contributed by atoms with Gasteiger partial charge in [-0.2, -0.15) is 13.2 Å². The van der Waals surface area contributed by atoms with Crippen LogP contribution in [-0.4, -0.2) is 52.1 Å². The van der Waals surface area contributed by atoms with Crippen molar-refractivity contribution in [1.29, 1.82) is 0 Å². The van der Waals surface area contributed by atoms with Crippen molar-refractivity contribution in [2.24, 2.45) is 11.3 Å². The Hall–Kier alpha value is -2.43. The molecule has 158 valence electrons. The maximum atomic E-state index is 10.6. The van der Waals surface area contributed by atoms with Crippen molar-refractivity contribution in [1.82, 2.24) is 15.2 Å². The maximum Gasteiger partial charge on any atom is 0.490 e. The molecule has 2 fully saturated rings. The Morgan fingerprint density at radius 2 is 2.21 bits per heavy atom. The molecule has 0 bridgehead atoms. The SMILES string of the molecule is Cc1nnc(N2C[C@H]3CCC[C@@]3(COc3cccnc3)C2)s1.O=C(O)C(F)(F)F. The summed E-state index contributed by atoms with van der Waals surface area (Å²) in [5, 5.41) is 17.7. The van der Waals surface area contributed by atoms with Gasteiger partial charge >= 0.3 is 12.1 Å². The van der Waals surface area contributed by atoms with E-state index in [2.05, 4.69) is 20.1 Å². The largest absolute Gasteiger partial charge is 0.491 e. The summed E-state index contributed by atoms with van der Waals surface area (Å²) in [7, 11) is 0. The van der Waals surface area contributed by atoms with E-state index in [1.54, 1.807) is 23.7 Å². The van der Waals surface area contributed by atoms with Gasteiger partial charge in [-0.3, -0.25) is 4.98 Å². The Labute approximate surface area is 169 Å². The average Bonchev–Trinajstić information content (AvgIpc) is 3.34. The molecule has 4 rings (SSSR count). The molecular formula is C18H21F3N4O3S. The van der Waals surface area contributed by atoms with E-state index in [1.165, 1.54) is 19.3 Å². The minimum atomic E-state index is -5.08. The first-order chi connectivity index (χ1) is 13.7. The van der Waals surface area contributed by atoms with Crippen LogP contribution in [0.1, 0.15) is 24.3 Å². The fourth-order valence-corrected chi connectivity index (χ4v) is 4.57. The molecule has 0 aromatic carbocycles. The monoisotopic (exact) mass is 430 g/mol. The standard InChI is InChI=1S/C16H20N4OS.C2HF3O2/c1-12-18-19-15(22-12)20-9-13-4-2-6-16(13,10-20)11-21-14-5-3-7-17-8-14;3-2(4,5)1(6)7/h3,5,7-8,13H,2,4,6,9-11H2,1H3;(H,6,7)/t13-,16+;/m1./s1. The summed E-state index contributed by atoms with van der Waals surface area (Å²) in [6, 6.07) is 3.90. The zero-order chi connectivity index (χ0) is 21.1. The molecule has 1 saturated heterocycles. The predicted molar refractivity (Wildman–Crippen MR) is 100 cm³/mol. The minimum absolute atomic E-state index is 0.259. The number of nitrogens with zero attached hydrogens (tertiary/aromatic N) is 4. The highest BCUT2D eigenvalue weighted by Crippen LogP contribution is 2.50. The van der Waals surface area contributed by atoms with Crippen LogP contribution in [0.3, 0.4) is 0 Å². The number of anilines is 1. The maximum absolute atomic E-state index is 10.6. The number of fused-ring (bicyclic) bond motifs is 1. The lowest BCUT2D eigenvalue weighted by molar-refractivity contribution is -0.192. The van der Waals surface area contributed by atoms with Gasteiger partial charge in [-0.15, -0.1) is 10.2 Å². The van der Waals surface area contributed by atoms with Gasteiger partial charge in [0, 0.05) is 24.7 Å². The Kier molecular flexibility index (Phi) is 6.25. The van der Waals surface area contributed by atoms with Crippen LogP contribution in [0.2, 0.25) is 0 Å². The Bertz CT molecular complexity index is 833. The zero-order valence-electron chi connectivity index (χ0n) is 15.7. The molecule has 2 atom stereocenters. The minimum Gasteiger partial charge on any atom is -0.491 e. The molecule has 0 unspecified atom stereocenters. The molecular weight excluding hydrogens is 409 g/mol. The second-order valence-corrected chi connectivity index (χ2v) is 8.38. The molecule has 2 aromatic rings. The molecule has 1 aliphatic carbocycles. The van der Waals surface area contributed by atoms with Gasteiger partial charge in [0.2, 0.25) is 5.13 Å². The number of alkyl halides is 3. The van der Waals surface area contributed by atoms with Gasteiger partial charge in [0.05, 0.1) is 12.8 Å². The summed E-state index contributed by atoms with van der Waals surface area (Å²) >= 11 is 1.69. The number of pyridine rings is 1. The van der Waals surface area contributed by atoms with Crippen molar-refractivity contribution >= 4 is 22.4 Å². The van der Waals surface area contributed by atoms with E-state index in [1.807, 2.05) is 19.1 Å². The number of hydrogen-bond donors (Lipinski definition) is 1. The molecule has 0 spiro atoms. The molecule has 1 N–H and O–H groups in total. The number of aryl methyl sites for hydroxylation is 1. The molecule has 1 saturated carbocycles. The van der Waals surface area contributed by atoms with E-state index in [-0.39, 0.29) is 5.41 Å². The number of carbonyl (C=O) groups is 1. The van der Waals surface area contributed by atoms with E-state index < -0.39 is 12.1 Å². The highest BCUT2D eigenvalue weighted by atomic mass is 32.1. The van der Waals surface area contributed by atoms with Crippen LogP contribution in [-0.2, 0) is 4.79 Å². The van der Waals surface area contributed by atoms with Crippen molar-refractivity contribution in [3.63, 3.8) is 0 Å². The van der Waals surface area contributed by atoms with Crippen molar-refractivity contribution in [3.05, 3.63) is 29.5 Å². The first-order valence-corrected chi connectivity index (χ1v) is 9.89. The normalized spacial score (nSPS) is 23.3. The van der Waals surface area contributed by atoms with Crippen molar-refractivity contribution in [3.8, 4) is 5.75 Å². The van der Waals surface area contributed by atoms with Gasteiger partial charge < -0.3 is 14.7 Å². The molecule has 3 heterocycles. The van der Waals surface area contributed by atoms with Crippen LogP contribution in [0.15, 0.2) is 24.5 Å². The summed E-state index contributed by atoms with van der Waals surface area (Å²) in [4.78, 5) is 15.4. The van der Waals surface area contributed by atoms with Crippen molar-refractivity contribution < 1.29 is 27.8 Å². The molecule has 1 aliphatic heterocycles. The Morgan fingerprint density at radius 1 is 1.45 bits per heavy atom. The Balaban J connectivity index is 0.000000298. The van der Waals surface area contributed by atoms with E-state index in [0.29, 0.717) is 5.92 Å². The molecule has 11 heteroatoms. The number of ether oxygens (including phenoxy) is 1. The molecule has 2 aliphatic rings. The zero-order valence-corrected chi connectivity index (χ0v) is 16.5. The van der Waals surface area contributed by atoms with Gasteiger partial charge in [-0.05, 0) is 37.8 Å². The Morgan fingerprint density at radius 3 is 2.79 bits per heavy atom. The van der Waals surface area contributed by atoms with E-state index in [0.717, 1.165) is 35.6 Å². The van der Waals surface area contributed by atoms with Crippen molar-refractivity contribution in [2.75, 3.05) is 24.6 Å². The number of carboxylic acid groups (broad SMARTS) is 1. The number of halogens is 3. The third kappa shape index (κ3) is 5.14. The number of rotatable bonds is 4. The quantitative estimate of drug-likeness (QED) is 0.793. The van der Waals surface area contributed by atoms with E-state index in [9.17, 15) is 13.2 Å². The van der Waals surface area contributed by atoms with E-state index in [4.69, 9.17) is 14.6 Å². The van der Waals surface area contributed by atoms with Crippen LogP contribution >= 0.6 is 11.3 Å². The van der Waals surface area contributed by atoms with Gasteiger partial charge in [-0.1, -0.05) is 17.8 Å². The molecule has 29 heavy (non-hydrogen) atoms. The van der Waals surface area contributed by atoms with Crippen LogP contribution in [0.25, 0.3) is 0 Å². The smallest absolute Gasteiger partial charge is 0.490 e. The van der Waals surface area contributed by atoms with Crippen LogP contribution < -0.4 is 9.64 Å².